The minimum absolute atomic E-state index is 0.347. The smallest absolute Gasteiger partial charge is 0.0787 e. The molecule has 3 heteroatoms. The summed E-state index contributed by atoms with van der Waals surface area (Å²) in [7, 11) is 0. The van der Waals surface area contributed by atoms with Crippen molar-refractivity contribution in [2.45, 2.75) is 62.8 Å². The van der Waals surface area contributed by atoms with Gasteiger partial charge in [0, 0.05) is 30.7 Å². The highest BCUT2D eigenvalue weighted by atomic mass is 16.5. The molecule has 2 aliphatic carbocycles. The van der Waals surface area contributed by atoms with Crippen molar-refractivity contribution in [2.24, 2.45) is 11.7 Å². The predicted octanol–water partition coefficient (Wildman–Crippen LogP) is 1.02. The van der Waals surface area contributed by atoms with Crippen LogP contribution in [0.25, 0.3) is 0 Å². The van der Waals surface area contributed by atoms with Gasteiger partial charge in [-0.05, 0) is 19.3 Å². The van der Waals surface area contributed by atoms with Gasteiger partial charge in [0.25, 0.3) is 0 Å². The second-order valence-electron chi connectivity index (χ2n) is 5.39. The summed E-state index contributed by atoms with van der Waals surface area (Å²) >= 11 is 0. The molecule has 3 rings (SSSR count). The molecular formula is C12H22N2O. The third kappa shape index (κ3) is 1.71. The van der Waals surface area contributed by atoms with E-state index in [1.807, 2.05) is 0 Å². The van der Waals surface area contributed by atoms with E-state index in [0.29, 0.717) is 30.1 Å². The van der Waals surface area contributed by atoms with E-state index in [-0.39, 0.29) is 0 Å². The maximum Gasteiger partial charge on any atom is 0.0787 e. The molecule has 0 spiro atoms. The molecule has 1 aliphatic heterocycles. The monoisotopic (exact) mass is 210 g/mol. The van der Waals surface area contributed by atoms with Crippen LogP contribution in [0, 0.1) is 5.92 Å². The van der Waals surface area contributed by atoms with Gasteiger partial charge in [-0.2, -0.15) is 0 Å². The topological polar surface area (TPSA) is 47.3 Å². The number of nitrogens with one attached hydrogen (secondary N) is 1. The Morgan fingerprint density at radius 2 is 1.87 bits per heavy atom. The Morgan fingerprint density at radius 1 is 1.07 bits per heavy atom. The van der Waals surface area contributed by atoms with E-state index >= 15 is 0 Å². The minimum Gasteiger partial charge on any atom is -0.376 e. The van der Waals surface area contributed by atoms with Gasteiger partial charge in [0.2, 0.25) is 0 Å². The van der Waals surface area contributed by atoms with Gasteiger partial charge < -0.3 is 15.8 Å². The van der Waals surface area contributed by atoms with Crippen molar-refractivity contribution in [3.05, 3.63) is 0 Å². The van der Waals surface area contributed by atoms with Crippen molar-refractivity contribution in [3.8, 4) is 0 Å². The van der Waals surface area contributed by atoms with Gasteiger partial charge in [-0.1, -0.05) is 19.3 Å². The first kappa shape index (κ1) is 10.1. The predicted molar refractivity (Wildman–Crippen MR) is 59.6 cm³/mol. The van der Waals surface area contributed by atoms with Gasteiger partial charge in [-0.3, -0.25) is 0 Å². The first-order valence-corrected chi connectivity index (χ1v) is 6.49. The standard InChI is InChI=1S/C12H22N2O/c13-10-9-6-7-15-12(9)11(10)14-8-4-2-1-3-5-8/h8-12,14H,1-7,13H2. The van der Waals surface area contributed by atoms with Crippen molar-refractivity contribution in [2.75, 3.05) is 6.61 Å². The largest absolute Gasteiger partial charge is 0.376 e. The van der Waals surface area contributed by atoms with E-state index in [2.05, 4.69) is 5.32 Å². The lowest BCUT2D eigenvalue weighted by Crippen LogP contribution is -2.69. The average Bonchev–Trinajstić information content (AvgIpc) is 2.72. The SMILES string of the molecule is NC1C2CCOC2C1NC1CCCCC1. The molecule has 0 aromatic carbocycles. The molecule has 0 aromatic rings. The third-order valence-electron chi connectivity index (χ3n) is 4.48. The summed E-state index contributed by atoms with van der Waals surface area (Å²) in [4.78, 5) is 0. The number of ether oxygens (including phenoxy) is 1. The van der Waals surface area contributed by atoms with Crippen molar-refractivity contribution in [1.29, 1.82) is 0 Å². The maximum atomic E-state index is 6.18. The van der Waals surface area contributed by atoms with Crippen molar-refractivity contribution >= 4 is 0 Å². The molecule has 1 heterocycles. The highest BCUT2D eigenvalue weighted by Crippen LogP contribution is 2.38. The van der Waals surface area contributed by atoms with Gasteiger partial charge in [0.05, 0.1) is 6.10 Å². The first-order chi connectivity index (χ1) is 7.36. The fourth-order valence-corrected chi connectivity index (χ4v) is 3.50. The van der Waals surface area contributed by atoms with Crippen molar-refractivity contribution < 1.29 is 4.74 Å². The van der Waals surface area contributed by atoms with Crippen LogP contribution in [0.5, 0.6) is 0 Å². The van der Waals surface area contributed by atoms with Gasteiger partial charge in [0.15, 0.2) is 0 Å². The summed E-state index contributed by atoms with van der Waals surface area (Å²) < 4.78 is 5.73. The summed E-state index contributed by atoms with van der Waals surface area (Å²) in [5, 5.41) is 3.73. The molecular weight excluding hydrogens is 188 g/mol. The fourth-order valence-electron chi connectivity index (χ4n) is 3.50. The highest BCUT2D eigenvalue weighted by Gasteiger charge is 2.52. The molecule has 3 nitrogen and oxygen atoms in total. The van der Waals surface area contributed by atoms with E-state index in [0.717, 1.165) is 6.61 Å². The molecule has 0 amide bonds. The zero-order valence-corrected chi connectivity index (χ0v) is 9.32. The lowest BCUT2D eigenvalue weighted by atomic mass is 9.71. The lowest BCUT2D eigenvalue weighted by molar-refractivity contribution is -0.0241. The van der Waals surface area contributed by atoms with Crippen LogP contribution in [0.15, 0.2) is 0 Å². The van der Waals surface area contributed by atoms with Crippen LogP contribution in [-0.2, 0) is 4.74 Å². The molecule has 15 heavy (non-hydrogen) atoms. The van der Waals surface area contributed by atoms with Crippen LogP contribution >= 0.6 is 0 Å². The summed E-state index contributed by atoms with van der Waals surface area (Å²) in [6, 6.07) is 1.50. The number of rotatable bonds is 2. The van der Waals surface area contributed by atoms with Crippen LogP contribution < -0.4 is 11.1 Å². The van der Waals surface area contributed by atoms with Crippen LogP contribution in [0.4, 0.5) is 0 Å². The quantitative estimate of drug-likeness (QED) is 0.715. The fraction of sp³-hybridized carbons (Fsp3) is 1.00. The second kappa shape index (κ2) is 4.04. The Balaban J connectivity index is 1.54. The Labute approximate surface area is 91.7 Å². The van der Waals surface area contributed by atoms with Gasteiger partial charge >= 0.3 is 0 Å². The van der Waals surface area contributed by atoms with Crippen LogP contribution in [-0.4, -0.2) is 30.8 Å². The summed E-state index contributed by atoms with van der Waals surface area (Å²) in [5.41, 5.74) is 6.18. The van der Waals surface area contributed by atoms with Crippen LogP contribution in [0.3, 0.4) is 0 Å². The molecule has 0 radical (unpaired) electrons. The molecule has 3 N–H and O–H groups in total. The molecule has 0 aromatic heterocycles. The van der Waals surface area contributed by atoms with Crippen molar-refractivity contribution in [1.82, 2.24) is 5.32 Å². The Kier molecular flexibility index (Phi) is 2.71. The van der Waals surface area contributed by atoms with Gasteiger partial charge in [0.1, 0.15) is 0 Å². The molecule has 4 atom stereocenters. The van der Waals surface area contributed by atoms with E-state index in [4.69, 9.17) is 10.5 Å². The molecule has 1 saturated heterocycles. The maximum absolute atomic E-state index is 6.18. The van der Waals surface area contributed by atoms with Gasteiger partial charge in [-0.25, -0.2) is 0 Å². The number of hydrogen-bond donors (Lipinski definition) is 2. The van der Waals surface area contributed by atoms with E-state index < -0.39 is 0 Å². The van der Waals surface area contributed by atoms with Gasteiger partial charge in [-0.15, -0.1) is 0 Å². The Hall–Kier alpha value is -0.120. The van der Waals surface area contributed by atoms with Crippen LogP contribution in [0.1, 0.15) is 38.5 Å². The summed E-state index contributed by atoms with van der Waals surface area (Å²) in [6.07, 6.45) is 8.46. The number of fused-ring (bicyclic) bond motifs is 1. The molecule has 2 saturated carbocycles. The lowest BCUT2D eigenvalue weighted by Gasteiger charge is -2.47. The van der Waals surface area contributed by atoms with E-state index in [1.165, 1.54) is 38.5 Å². The summed E-state index contributed by atoms with van der Waals surface area (Å²) in [6.45, 7) is 0.922. The first-order valence-electron chi connectivity index (χ1n) is 6.49. The Morgan fingerprint density at radius 3 is 2.67 bits per heavy atom. The second-order valence-corrected chi connectivity index (χ2v) is 5.39. The number of nitrogens with two attached hydrogens (primary N) is 1. The zero-order chi connectivity index (χ0) is 10.3. The van der Waals surface area contributed by atoms with Crippen LogP contribution in [0.2, 0.25) is 0 Å². The molecule has 86 valence electrons. The van der Waals surface area contributed by atoms with E-state index in [9.17, 15) is 0 Å². The van der Waals surface area contributed by atoms with E-state index in [1.54, 1.807) is 0 Å². The number of hydrogen-bond acceptors (Lipinski definition) is 3. The molecule has 3 fully saturated rings. The molecule has 0 bridgehead atoms. The molecule has 3 aliphatic rings. The van der Waals surface area contributed by atoms with Crippen molar-refractivity contribution in [3.63, 3.8) is 0 Å². The minimum atomic E-state index is 0.347. The summed E-state index contributed by atoms with van der Waals surface area (Å²) in [5.74, 6) is 0.645. The zero-order valence-electron chi connectivity index (χ0n) is 9.32. The Bertz CT molecular complexity index is 228. The third-order valence-corrected chi connectivity index (χ3v) is 4.48. The molecule has 4 unspecified atom stereocenters. The average molecular weight is 210 g/mol. The normalized spacial score (nSPS) is 46.2. The highest BCUT2D eigenvalue weighted by molar-refractivity contribution is 5.09.